The molecule has 6 nitrogen and oxygen atoms in total. The van der Waals surface area contributed by atoms with Crippen molar-refractivity contribution in [3.8, 4) is 0 Å². The van der Waals surface area contributed by atoms with Crippen molar-refractivity contribution in [1.29, 1.82) is 0 Å². The van der Waals surface area contributed by atoms with Crippen LogP contribution in [0, 0.1) is 0 Å². The van der Waals surface area contributed by atoms with Gasteiger partial charge in [0.1, 0.15) is 0 Å². The number of piperidine rings is 1. The number of benzene rings is 1. The van der Waals surface area contributed by atoms with Gasteiger partial charge in [0.2, 0.25) is 10.0 Å². The summed E-state index contributed by atoms with van der Waals surface area (Å²) in [4.78, 5) is 14.2. The number of hydrogen-bond acceptors (Lipinski definition) is 4. The van der Waals surface area contributed by atoms with Gasteiger partial charge < -0.3 is 10.0 Å². The van der Waals surface area contributed by atoms with Crippen LogP contribution in [-0.4, -0.2) is 56.3 Å². The SMILES string of the molecule is CS(=O)(=O)N1CCc2cc(C(=O)N3CCCC(O)C3)ccc21. The Morgan fingerprint density at radius 3 is 2.77 bits per heavy atom. The molecule has 0 aromatic heterocycles. The molecule has 0 bridgehead atoms. The molecular formula is C15H20N2O4S. The molecule has 1 amide bonds. The molecule has 0 spiro atoms. The van der Waals surface area contributed by atoms with E-state index in [9.17, 15) is 18.3 Å². The van der Waals surface area contributed by atoms with Gasteiger partial charge in [0.05, 0.1) is 18.0 Å². The number of carbonyl (C=O) groups is 1. The van der Waals surface area contributed by atoms with E-state index in [1.54, 1.807) is 23.1 Å². The number of amides is 1. The quantitative estimate of drug-likeness (QED) is 0.864. The third-order valence-electron chi connectivity index (χ3n) is 4.26. The third-order valence-corrected chi connectivity index (χ3v) is 5.44. The zero-order valence-corrected chi connectivity index (χ0v) is 13.3. The van der Waals surface area contributed by atoms with Crippen LogP contribution in [0.2, 0.25) is 0 Å². The van der Waals surface area contributed by atoms with Crippen molar-refractivity contribution in [2.75, 3.05) is 30.2 Å². The van der Waals surface area contributed by atoms with E-state index < -0.39 is 16.1 Å². The maximum atomic E-state index is 12.5. The Balaban J connectivity index is 1.84. The first kappa shape index (κ1) is 15.3. The van der Waals surface area contributed by atoms with E-state index in [-0.39, 0.29) is 5.91 Å². The molecule has 0 aliphatic carbocycles. The van der Waals surface area contributed by atoms with Crippen molar-refractivity contribution in [2.45, 2.75) is 25.4 Å². The molecule has 1 fully saturated rings. The van der Waals surface area contributed by atoms with Crippen LogP contribution >= 0.6 is 0 Å². The van der Waals surface area contributed by atoms with E-state index in [0.29, 0.717) is 37.3 Å². The van der Waals surface area contributed by atoms with Crippen LogP contribution in [0.4, 0.5) is 5.69 Å². The first-order valence-corrected chi connectivity index (χ1v) is 9.29. The largest absolute Gasteiger partial charge is 0.391 e. The summed E-state index contributed by atoms with van der Waals surface area (Å²) in [5.41, 5.74) is 2.11. The van der Waals surface area contributed by atoms with Gasteiger partial charge in [0.15, 0.2) is 0 Å². The Hall–Kier alpha value is -1.60. The number of fused-ring (bicyclic) bond motifs is 1. The number of anilines is 1. The highest BCUT2D eigenvalue weighted by atomic mass is 32.2. The molecule has 2 aliphatic heterocycles. The molecule has 22 heavy (non-hydrogen) atoms. The summed E-state index contributed by atoms with van der Waals surface area (Å²) in [6, 6.07) is 5.16. The van der Waals surface area contributed by atoms with Crippen molar-refractivity contribution in [2.24, 2.45) is 0 Å². The standard InChI is InChI=1S/C15H20N2O4S/c1-22(20,21)17-8-6-11-9-12(4-5-14(11)17)15(19)16-7-2-3-13(18)10-16/h4-5,9,13,18H,2-3,6-8,10H2,1H3. The minimum Gasteiger partial charge on any atom is -0.391 e. The Morgan fingerprint density at radius 1 is 1.32 bits per heavy atom. The minimum absolute atomic E-state index is 0.0978. The van der Waals surface area contributed by atoms with Gasteiger partial charge in [-0.3, -0.25) is 9.10 Å². The van der Waals surface area contributed by atoms with Gasteiger partial charge in [0.25, 0.3) is 5.91 Å². The summed E-state index contributed by atoms with van der Waals surface area (Å²) in [5, 5.41) is 9.69. The number of nitrogens with zero attached hydrogens (tertiary/aromatic N) is 2. The van der Waals surface area contributed by atoms with Crippen molar-refractivity contribution in [3.05, 3.63) is 29.3 Å². The van der Waals surface area contributed by atoms with Crippen LogP contribution in [0.3, 0.4) is 0 Å². The van der Waals surface area contributed by atoms with E-state index in [4.69, 9.17) is 0 Å². The van der Waals surface area contributed by atoms with E-state index in [1.165, 1.54) is 10.6 Å². The number of sulfonamides is 1. The molecule has 120 valence electrons. The molecule has 2 heterocycles. The number of β-amino-alcohol motifs (C(OH)–C–C–N with tert-alkyl or cyclic N) is 1. The number of carbonyl (C=O) groups excluding carboxylic acids is 1. The first-order chi connectivity index (χ1) is 10.4. The van der Waals surface area contributed by atoms with Crippen molar-refractivity contribution in [1.82, 2.24) is 4.90 Å². The number of aliphatic hydroxyl groups excluding tert-OH is 1. The molecule has 2 aliphatic rings. The summed E-state index contributed by atoms with van der Waals surface area (Å²) in [7, 11) is -3.27. The topological polar surface area (TPSA) is 77.9 Å². The minimum atomic E-state index is -3.27. The smallest absolute Gasteiger partial charge is 0.253 e. The Bertz CT molecular complexity index is 701. The maximum absolute atomic E-state index is 12.5. The lowest BCUT2D eigenvalue weighted by Gasteiger charge is -2.30. The number of aliphatic hydroxyl groups is 1. The molecule has 1 atom stereocenters. The fourth-order valence-electron chi connectivity index (χ4n) is 3.17. The Kier molecular flexibility index (Phi) is 3.86. The zero-order valence-electron chi connectivity index (χ0n) is 12.5. The molecule has 1 N–H and O–H groups in total. The molecule has 1 saturated heterocycles. The van der Waals surface area contributed by atoms with Crippen molar-refractivity contribution >= 4 is 21.6 Å². The highest BCUT2D eigenvalue weighted by Gasteiger charge is 2.28. The monoisotopic (exact) mass is 324 g/mol. The second kappa shape index (κ2) is 5.55. The van der Waals surface area contributed by atoms with E-state index in [2.05, 4.69) is 0 Å². The summed E-state index contributed by atoms with van der Waals surface area (Å²) in [6.07, 6.45) is 2.90. The normalized spacial score (nSPS) is 21.8. The van der Waals surface area contributed by atoms with Gasteiger partial charge in [-0.15, -0.1) is 0 Å². The molecule has 0 saturated carbocycles. The van der Waals surface area contributed by atoms with Gasteiger partial charge in [-0.25, -0.2) is 8.42 Å². The number of likely N-dealkylation sites (tertiary alicyclic amines) is 1. The molecule has 1 unspecified atom stereocenters. The molecule has 0 radical (unpaired) electrons. The van der Waals surface area contributed by atoms with Crippen LogP contribution in [-0.2, 0) is 16.4 Å². The van der Waals surface area contributed by atoms with Crippen molar-refractivity contribution in [3.63, 3.8) is 0 Å². The van der Waals surface area contributed by atoms with Gasteiger partial charge in [-0.05, 0) is 43.0 Å². The summed E-state index contributed by atoms with van der Waals surface area (Å²) in [5.74, 6) is -0.0978. The molecular weight excluding hydrogens is 304 g/mol. The Morgan fingerprint density at radius 2 is 2.09 bits per heavy atom. The average molecular weight is 324 g/mol. The molecule has 7 heteroatoms. The predicted molar refractivity (Wildman–Crippen MR) is 83.5 cm³/mol. The molecule has 1 aromatic rings. The lowest BCUT2D eigenvalue weighted by molar-refractivity contribution is 0.0473. The second-order valence-electron chi connectivity index (χ2n) is 5.98. The van der Waals surface area contributed by atoms with Crippen LogP contribution in [0.15, 0.2) is 18.2 Å². The summed E-state index contributed by atoms with van der Waals surface area (Å²) >= 11 is 0. The van der Waals surface area contributed by atoms with Crippen LogP contribution < -0.4 is 4.31 Å². The number of rotatable bonds is 2. The van der Waals surface area contributed by atoms with Crippen LogP contribution in [0.25, 0.3) is 0 Å². The lowest BCUT2D eigenvalue weighted by atomic mass is 10.0. The fraction of sp³-hybridized carbons (Fsp3) is 0.533. The van der Waals surface area contributed by atoms with Crippen LogP contribution in [0.1, 0.15) is 28.8 Å². The van der Waals surface area contributed by atoms with Gasteiger partial charge in [-0.2, -0.15) is 0 Å². The Labute approximate surface area is 130 Å². The van der Waals surface area contributed by atoms with E-state index in [0.717, 1.165) is 18.4 Å². The zero-order chi connectivity index (χ0) is 15.9. The molecule has 1 aromatic carbocycles. The van der Waals surface area contributed by atoms with Gasteiger partial charge in [0, 0.05) is 25.2 Å². The highest BCUT2D eigenvalue weighted by molar-refractivity contribution is 7.92. The summed E-state index contributed by atoms with van der Waals surface area (Å²) in [6.45, 7) is 1.45. The predicted octanol–water partition coefficient (Wildman–Crippen LogP) is 0.606. The van der Waals surface area contributed by atoms with E-state index in [1.807, 2.05) is 0 Å². The first-order valence-electron chi connectivity index (χ1n) is 7.44. The van der Waals surface area contributed by atoms with Gasteiger partial charge in [-0.1, -0.05) is 0 Å². The van der Waals surface area contributed by atoms with E-state index >= 15 is 0 Å². The van der Waals surface area contributed by atoms with Crippen molar-refractivity contribution < 1.29 is 18.3 Å². The third kappa shape index (κ3) is 2.83. The van der Waals surface area contributed by atoms with Gasteiger partial charge >= 0.3 is 0 Å². The highest BCUT2D eigenvalue weighted by Crippen LogP contribution is 2.31. The summed E-state index contributed by atoms with van der Waals surface area (Å²) < 4.78 is 24.8. The fourth-order valence-corrected chi connectivity index (χ4v) is 4.13. The molecule has 3 rings (SSSR count). The number of hydrogen-bond donors (Lipinski definition) is 1. The maximum Gasteiger partial charge on any atom is 0.253 e. The average Bonchev–Trinajstić information content (AvgIpc) is 2.89. The second-order valence-corrected chi connectivity index (χ2v) is 7.88. The lowest BCUT2D eigenvalue weighted by Crippen LogP contribution is -2.42. The van der Waals surface area contributed by atoms with Crippen LogP contribution in [0.5, 0.6) is 0 Å².